The van der Waals surface area contributed by atoms with E-state index < -0.39 is 22.7 Å². The highest BCUT2D eigenvalue weighted by Crippen LogP contribution is 2.39. The van der Waals surface area contributed by atoms with Gasteiger partial charge in [-0.05, 0) is 42.9 Å². The normalized spacial score (nSPS) is 17.6. The van der Waals surface area contributed by atoms with E-state index in [0.717, 1.165) is 13.1 Å². The van der Waals surface area contributed by atoms with Crippen molar-refractivity contribution in [2.75, 3.05) is 33.3 Å². The molecule has 0 bridgehead atoms. The Morgan fingerprint density at radius 2 is 1.70 bits per heavy atom. The number of nitro benzene ring substituents is 1. The molecule has 1 atom stereocenters. The van der Waals surface area contributed by atoms with Crippen molar-refractivity contribution >= 4 is 23.1 Å². The van der Waals surface area contributed by atoms with Gasteiger partial charge in [0, 0.05) is 30.8 Å². The van der Waals surface area contributed by atoms with Crippen LogP contribution in [0.5, 0.6) is 5.75 Å². The van der Waals surface area contributed by atoms with Gasteiger partial charge in [0.1, 0.15) is 11.5 Å². The minimum atomic E-state index is -0.790. The Labute approximate surface area is 192 Å². The average Bonchev–Trinajstić information content (AvgIpc) is 3.09. The van der Waals surface area contributed by atoms with Gasteiger partial charge in [-0.1, -0.05) is 26.0 Å². The van der Waals surface area contributed by atoms with Gasteiger partial charge in [0.05, 0.1) is 23.6 Å². The number of carbonyl (C=O) groups is 2. The number of hydrogen-bond acceptors (Lipinski definition) is 7. The number of nitrogens with zero attached hydrogens (tertiary/aromatic N) is 3. The minimum Gasteiger partial charge on any atom is -0.507 e. The van der Waals surface area contributed by atoms with Gasteiger partial charge >= 0.3 is 0 Å². The summed E-state index contributed by atoms with van der Waals surface area (Å²) in [6.45, 7) is 6.53. The molecule has 1 saturated heterocycles. The zero-order valence-electron chi connectivity index (χ0n) is 18.9. The van der Waals surface area contributed by atoms with E-state index in [1.165, 1.54) is 29.2 Å². The molecule has 0 aromatic heterocycles. The van der Waals surface area contributed by atoms with Crippen LogP contribution >= 0.6 is 0 Å². The van der Waals surface area contributed by atoms with E-state index in [-0.39, 0.29) is 22.6 Å². The predicted molar refractivity (Wildman–Crippen MR) is 123 cm³/mol. The van der Waals surface area contributed by atoms with Gasteiger partial charge in [0.2, 0.25) is 0 Å². The van der Waals surface area contributed by atoms with Crippen molar-refractivity contribution in [3.8, 4) is 5.75 Å². The summed E-state index contributed by atoms with van der Waals surface area (Å²) in [5.74, 6) is -1.22. The average molecular weight is 453 g/mol. The zero-order valence-corrected chi connectivity index (χ0v) is 18.9. The van der Waals surface area contributed by atoms with Crippen molar-refractivity contribution in [2.24, 2.45) is 0 Å². The summed E-state index contributed by atoms with van der Waals surface area (Å²) in [5.41, 5.74) is 0.690. The fourth-order valence-electron chi connectivity index (χ4n) is 3.93. The molecular weight excluding hydrogens is 426 g/mol. The summed E-state index contributed by atoms with van der Waals surface area (Å²) in [5, 5.41) is 22.0. The molecule has 0 saturated carbocycles. The molecule has 0 spiro atoms. The molecule has 0 aliphatic carbocycles. The first-order valence-electron chi connectivity index (χ1n) is 10.7. The summed E-state index contributed by atoms with van der Waals surface area (Å²) in [6.07, 6.45) is 0. The first-order valence-corrected chi connectivity index (χ1v) is 10.7. The van der Waals surface area contributed by atoms with Crippen molar-refractivity contribution in [3.63, 3.8) is 0 Å². The van der Waals surface area contributed by atoms with Crippen LogP contribution in [0.2, 0.25) is 0 Å². The maximum absolute atomic E-state index is 13.0. The molecular formula is C24H27N3O6. The molecule has 1 aliphatic heterocycles. The highest BCUT2D eigenvalue weighted by molar-refractivity contribution is 6.46. The van der Waals surface area contributed by atoms with Gasteiger partial charge in [0.15, 0.2) is 0 Å². The molecule has 9 heteroatoms. The molecule has 1 amide bonds. The molecule has 2 aromatic rings. The molecule has 1 fully saturated rings. The van der Waals surface area contributed by atoms with E-state index in [2.05, 4.69) is 4.90 Å². The Kier molecular flexibility index (Phi) is 7.44. The number of Topliss-reactive ketones (excluding diaryl/α,β-unsaturated/α-hetero) is 1. The Balaban J connectivity index is 2.08. The van der Waals surface area contributed by atoms with Crippen LogP contribution in [0.15, 0.2) is 54.1 Å². The van der Waals surface area contributed by atoms with E-state index in [1.807, 2.05) is 13.8 Å². The van der Waals surface area contributed by atoms with Crippen LogP contribution in [0.25, 0.3) is 5.76 Å². The highest BCUT2D eigenvalue weighted by Gasteiger charge is 2.46. The number of amides is 1. The van der Waals surface area contributed by atoms with Crippen LogP contribution in [0.1, 0.15) is 31.0 Å². The second-order valence-corrected chi connectivity index (χ2v) is 7.60. The van der Waals surface area contributed by atoms with Crippen molar-refractivity contribution in [3.05, 3.63) is 75.3 Å². The van der Waals surface area contributed by atoms with Crippen molar-refractivity contribution in [2.45, 2.75) is 19.9 Å². The predicted octanol–water partition coefficient (Wildman–Crippen LogP) is 3.37. The minimum absolute atomic E-state index is 0.0430. The summed E-state index contributed by atoms with van der Waals surface area (Å²) in [7, 11) is 1.54. The van der Waals surface area contributed by atoms with Crippen LogP contribution in [0.4, 0.5) is 5.69 Å². The number of benzene rings is 2. The Morgan fingerprint density at radius 1 is 1.09 bits per heavy atom. The molecule has 2 aromatic carbocycles. The number of carbonyl (C=O) groups excluding carboxylic acids is 2. The van der Waals surface area contributed by atoms with Crippen molar-refractivity contribution < 1.29 is 24.4 Å². The maximum atomic E-state index is 13.0. The quantitative estimate of drug-likeness (QED) is 0.204. The van der Waals surface area contributed by atoms with E-state index in [4.69, 9.17) is 4.74 Å². The van der Waals surface area contributed by atoms with Gasteiger partial charge in [0.25, 0.3) is 17.4 Å². The van der Waals surface area contributed by atoms with Crippen LogP contribution in [-0.4, -0.2) is 64.8 Å². The zero-order chi connectivity index (χ0) is 24.1. The molecule has 0 unspecified atom stereocenters. The Hall–Kier alpha value is -3.72. The van der Waals surface area contributed by atoms with Crippen LogP contribution in [0, 0.1) is 10.1 Å². The smallest absolute Gasteiger partial charge is 0.295 e. The molecule has 0 radical (unpaired) electrons. The van der Waals surface area contributed by atoms with Gasteiger partial charge in [-0.3, -0.25) is 19.7 Å². The largest absolute Gasteiger partial charge is 0.507 e. The van der Waals surface area contributed by atoms with Crippen molar-refractivity contribution in [1.82, 2.24) is 9.80 Å². The molecule has 1 heterocycles. The third kappa shape index (κ3) is 4.88. The summed E-state index contributed by atoms with van der Waals surface area (Å²) < 4.78 is 5.21. The first-order chi connectivity index (χ1) is 15.8. The number of aliphatic hydroxyl groups is 1. The number of ketones is 1. The lowest BCUT2D eigenvalue weighted by Gasteiger charge is -2.28. The summed E-state index contributed by atoms with van der Waals surface area (Å²) in [4.78, 5) is 40.0. The van der Waals surface area contributed by atoms with E-state index in [9.17, 15) is 24.8 Å². The Bertz CT molecular complexity index is 1060. The maximum Gasteiger partial charge on any atom is 0.295 e. The molecule has 174 valence electrons. The summed E-state index contributed by atoms with van der Waals surface area (Å²) >= 11 is 0. The molecule has 1 aliphatic rings. The SMILES string of the molecule is CCN(CC)CCN1C(=O)C(=O)C(=C(O)c2ccc([N+](=O)[O-])cc2)[C@H]1c1ccc(OC)cc1. The molecule has 3 rings (SSSR count). The lowest BCUT2D eigenvalue weighted by atomic mass is 9.95. The molecule has 33 heavy (non-hydrogen) atoms. The third-order valence-corrected chi connectivity index (χ3v) is 5.87. The monoisotopic (exact) mass is 453 g/mol. The number of rotatable bonds is 9. The number of nitro groups is 1. The fourth-order valence-corrected chi connectivity index (χ4v) is 3.93. The van der Waals surface area contributed by atoms with Crippen LogP contribution < -0.4 is 4.74 Å². The van der Waals surface area contributed by atoms with E-state index >= 15 is 0 Å². The Morgan fingerprint density at radius 3 is 2.21 bits per heavy atom. The number of aliphatic hydroxyl groups excluding tert-OH is 1. The molecule has 1 N–H and O–H groups in total. The van der Waals surface area contributed by atoms with Crippen LogP contribution in [-0.2, 0) is 9.59 Å². The number of likely N-dealkylation sites (tertiary alicyclic amines) is 1. The lowest BCUT2D eigenvalue weighted by Crippen LogP contribution is -2.38. The number of methoxy groups -OCH3 is 1. The van der Waals surface area contributed by atoms with E-state index in [1.54, 1.807) is 31.4 Å². The lowest BCUT2D eigenvalue weighted by molar-refractivity contribution is -0.384. The van der Waals surface area contributed by atoms with Gasteiger partial charge in [-0.25, -0.2) is 0 Å². The van der Waals surface area contributed by atoms with Crippen LogP contribution in [0.3, 0.4) is 0 Å². The summed E-state index contributed by atoms with van der Waals surface area (Å²) in [6, 6.07) is 11.4. The standard InChI is InChI=1S/C24H27N3O6/c1-4-25(5-2)14-15-26-21(16-8-12-19(33-3)13-9-16)20(23(29)24(26)30)22(28)17-6-10-18(11-7-17)27(31)32/h6-13,21,28H,4-5,14-15H2,1-3H3/t21-/m1/s1. The number of hydrogen-bond donors (Lipinski definition) is 1. The number of non-ortho nitro benzene ring substituents is 1. The molecule has 9 nitrogen and oxygen atoms in total. The van der Waals surface area contributed by atoms with Gasteiger partial charge in [-0.2, -0.15) is 0 Å². The third-order valence-electron chi connectivity index (χ3n) is 5.87. The highest BCUT2D eigenvalue weighted by atomic mass is 16.6. The van der Waals surface area contributed by atoms with Gasteiger partial charge in [-0.15, -0.1) is 0 Å². The fraction of sp³-hybridized carbons (Fsp3) is 0.333. The van der Waals surface area contributed by atoms with Crippen molar-refractivity contribution in [1.29, 1.82) is 0 Å². The second kappa shape index (κ2) is 10.3. The second-order valence-electron chi connectivity index (χ2n) is 7.60. The number of likely N-dealkylation sites (N-methyl/N-ethyl adjacent to an activating group) is 1. The number of ether oxygens (including phenoxy) is 1. The first kappa shape index (κ1) is 23.9. The topological polar surface area (TPSA) is 113 Å². The van der Waals surface area contributed by atoms with E-state index in [0.29, 0.717) is 24.4 Å². The van der Waals surface area contributed by atoms with Gasteiger partial charge < -0.3 is 19.6 Å².